The summed E-state index contributed by atoms with van der Waals surface area (Å²) in [7, 11) is -3.39. The molecule has 2 amide bonds. The van der Waals surface area contributed by atoms with E-state index < -0.39 is 15.9 Å². The van der Waals surface area contributed by atoms with Gasteiger partial charge >= 0.3 is 0 Å². The Balaban J connectivity index is 2.60. The molecular weight excluding hydrogens is 316 g/mol. The van der Waals surface area contributed by atoms with E-state index in [4.69, 9.17) is 0 Å². The molecule has 1 heterocycles. The van der Waals surface area contributed by atoms with E-state index in [1.165, 1.54) is 17.0 Å². The van der Waals surface area contributed by atoms with Gasteiger partial charge in [0.1, 0.15) is 6.04 Å². The van der Waals surface area contributed by atoms with E-state index in [1.807, 2.05) is 13.8 Å². The van der Waals surface area contributed by atoms with Gasteiger partial charge in [0.15, 0.2) is 9.84 Å². The van der Waals surface area contributed by atoms with Crippen LogP contribution in [-0.4, -0.2) is 32.5 Å². The van der Waals surface area contributed by atoms with Gasteiger partial charge in [0.2, 0.25) is 11.8 Å². The number of rotatable bonds is 4. The van der Waals surface area contributed by atoms with Crippen LogP contribution < -0.4 is 10.2 Å². The summed E-state index contributed by atoms with van der Waals surface area (Å²) in [5, 5.41) is 2.75. The molecule has 1 aromatic rings. The van der Waals surface area contributed by atoms with Crippen molar-refractivity contribution in [2.45, 2.75) is 44.6 Å². The van der Waals surface area contributed by atoms with Crippen LogP contribution in [0.2, 0.25) is 0 Å². The van der Waals surface area contributed by atoms with E-state index in [1.54, 1.807) is 13.0 Å². The lowest BCUT2D eigenvalue weighted by molar-refractivity contribution is -0.124. The molecular formula is C16H22N2O4S. The van der Waals surface area contributed by atoms with Gasteiger partial charge in [-0.1, -0.05) is 27.2 Å². The van der Waals surface area contributed by atoms with Gasteiger partial charge in [0.05, 0.1) is 16.3 Å². The van der Waals surface area contributed by atoms with Gasteiger partial charge in [-0.3, -0.25) is 14.5 Å². The zero-order chi connectivity index (χ0) is 17.4. The van der Waals surface area contributed by atoms with Gasteiger partial charge in [0.25, 0.3) is 0 Å². The number of sulfone groups is 1. The normalized spacial score (nSPS) is 19.0. The average molecular weight is 338 g/mol. The van der Waals surface area contributed by atoms with E-state index in [0.717, 1.165) is 12.7 Å². The maximum atomic E-state index is 12.5. The van der Waals surface area contributed by atoms with Crippen molar-refractivity contribution in [2.75, 3.05) is 16.5 Å². The number of nitrogens with zero attached hydrogens (tertiary/aromatic N) is 1. The molecule has 126 valence electrons. The number of carbonyl (C=O) groups is 2. The Morgan fingerprint density at radius 1 is 1.35 bits per heavy atom. The summed E-state index contributed by atoms with van der Waals surface area (Å²) < 4.78 is 23.4. The first kappa shape index (κ1) is 17.5. The number of fused-ring (bicyclic) bond motifs is 1. The molecule has 23 heavy (non-hydrogen) atoms. The monoisotopic (exact) mass is 338 g/mol. The maximum Gasteiger partial charge on any atom is 0.247 e. The summed E-state index contributed by atoms with van der Waals surface area (Å²) in [6.45, 7) is 5.64. The van der Waals surface area contributed by atoms with Crippen LogP contribution in [0.1, 0.15) is 33.6 Å². The van der Waals surface area contributed by atoms with Crippen LogP contribution in [0, 0.1) is 5.92 Å². The lowest BCUT2D eigenvalue weighted by atomic mass is 9.93. The standard InChI is InChI=1S/C16H22N2O4S/c1-5-10(3)15-16(20)17-12-9-11(23(4,21)22)7-8-13(12)18(15)14(19)6-2/h7-10,15H,5-6H2,1-4H3,(H,17,20)/t10?,15-/m0/s1. The zero-order valence-electron chi connectivity index (χ0n) is 13.8. The van der Waals surface area contributed by atoms with Gasteiger partial charge in [-0.05, 0) is 24.1 Å². The van der Waals surface area contributed by atoms with Crippen LogP contribution in [0.3, 0.4) is 0 Å². The number of benzene rings is 1. The minimum atomic E-state index is -3.39. The molecule has 0 bridgehead atoms. The van der Waals surface area contributed by atoms with Crippen molar-refractivity contribution < 1.29 is 18.0 Å². The quantitative estimate of drug-likeness (QED) is 0.912. The number of hydrogen-bond acceptors (Lipinski definition) is 4. The first-order valence-corrected chi connectivity index (χ1v) is 9.56. The SMILES string of the molecule is CCC(=O)N1c2ccc(S(C)(=O)=O)cc2NC(=O)[C@@H]1C(C)CC. The molecule has 0 fully saturated rings. The Morgan fingerprint density at radius 3 is 2.52 bits per heavy atom. The predicted octanol–water partition coefficient (Wildman–Crippen LogP) is 2.20. The first-order valence-electron chi connectivity index (χ1n) is 7.67. The fourth-order valence-corrected chi connectivity index (χ4v) is 3.37. The minimum absolute atomic E-state index is 0.00626. The van der Waals surface area contributed by atoms with Crippen molar-refractivity contribution in [1.82, 2.24) is 0 Å². The van der Waals surface area contributed by atoms with Crippen LogP contribution in [0.25, 0.3) is 0 Å². The smallest absolute Gasteiger partial charge is 0.247 e. The van der Waals surface area contributed by atoms with E-state index in [2.05, 4.69) is 5.32 Å². The Labute approximate surface area is 136 Å². The topological polar surface area (TPSA) is 83.6 Å². The van der Waals surface area contributed by atoms with Crippen molar-refractivity contribution in [3.05, 3.63) is 18.2 Å². The van der Waals surface area contributed by atoms with E-state index >= 15 is 0 Å². The first-order chi connectivity index (χ1) is 10.7. The molecule has 6 nitrogen and oxygen atoms in total. The van der Waals surface area contributed by atoms with Crippen LogP contribution in [0.15, 0.2) is 23.1 Å². The Morgan fingerprint density at radius 2 is 2.00 bits per heavy atom. The molecule has 2 atom stereocenters. The number of carbonyl (C=O) groups excluding carboxylic acids is 2. The van der Waals surface area contributed by atoms with E-state index in [0.29, 0.717) is 11.4 Å². The van der Waals surface area contributed by atoms with Crippen molar-refractivity contribution >= 4 is 33.0 Å². The molecule has 0 radical (unpaired) electrons. The average Bonchev–Trinajstić information content (AvgIpc) is 2.50. The third-order valence-corrected chi connectivity index (χ3v) is 5.32. The molecule has 2 rings (SSSR count). The molecule has 7 heteroatoms. The highest BCUT2D eigenvalue weighted by molar-refractivity contribution is 7.90. The summed E-state index contributed by atoms with van der Waals surface area (Å²) in [5.74, 6) is -0.439. The van der Waals surface area contributed by atoms with Gasteiger partial charge in [-0.15, -0.1) is 0 Å². The summed E-state index contributed by atoms with van der Waals surface area (Å²) in [4.78, 5) is 26.5. The fraction of sp³-hybridized carbons (Fsp3) is 0.500. The Bertz CT molecular complexity index is 742. The molecule has 1 N–H and O–H groups in total. The zero-order valence-corrected chi connectivity index (χ0v) is 14.6. The van der Waals surface area contributed by atoms with Gasteiger partial charge in [0, 0.05) is 12.7 Å². The van der Waals surface area contributed by atoms with Crippen molar-refractivity contribution in [3.8, 4) is 0 Å². The summed E-state index contributed by atoms with van der Waals surface area (Å²) >= 11 is 0. The van der Waals surface area contributed by atoms with Gasteiger partial charge in [-0.25, -0.2) is 8.42 Å². The number of hydrogen-bond donors (Lipinski definition) is 1. The Kier molecular flexibility index (Phi) is 4.79. The molecule has 0 saturated heterocycles. The molecule has 1 aliphatic heterocycles. The number of amides is 2. The van der Waals surface area contributed by atoms with Gasteiger partial charge < -0.3 is 5.32 Å². The summed E-state index contributed by atoms with van der Waals surface area (Å²) in [6, 6.07) is 3.89. The molecule has 1 aliphatic rings. The largest absolute Gasteiger partial charge is 0.322 e. The van der Waals surface area contributed by atoms with E-state index in [-0.39, 0.29) is 29.0 Å². The summed E-state index contributed by atoms with van der Waals surface area (Å²) in [5.41, 5.74) is 0.911. The van der Waals surface area contributed by atoms with E-state index in [9.17, 15) is 18.0 Å². The molecule has 1 unspecified atom stereocenters. The van der Waals surface area contributed by atoms with Crippen LogP contribution in [-0.2, 0) is 19.4 Å². The highest BCUT2D eigenvalue weighted by Crippen LogP contribution is 2.37. The fourth-order valence-electron chi connectivity index (χ4n) is 2.73. The number of nitrogens with one attached hydrogen (secondary N) is 1. The maximum absolute atomic E-state index is 12.5. The second-order valence-corrected chi connectivity index (χ2v) is 7.90. The Hall–Kier alpha value is -1.89. The lowest BCUT2D eigenvalue weighted by Crippen LogP contribution is -2.54. The van der Waals surface area contributed by atoms with Crippen LogP contribution in [0.5, 0.6) is 0 Å². The van der Waals surface area contributed by atoms with Crippen molar-refractivity contribution in [3.63, 3.8) is 0 Å². The third-order valence-electron chi connectivity index (χ3n) is 4.21. The molecule has 0 aromatic heterocycles. The van der Waals surface area contributed by atoms with Crippen molar-refractivity contribution in [1.29, 1.82) is 0 Å². The molecule has 1 aromatic carbocycles. The molecule has 0 spiro atoms. The second kappa shape index (κ2) is 6.31. The van der Waals surface area contributed by atoms with Crippen LogP contribution >= 0.6 is 0 Å². The molecule has 0 aliphatic carbocycles. The predicted molar refractivity (Wildman–Crippen MR) is 89.2 cm³/mol. The summed E-state index contributed by atoms with van der Waals surface area (Å²) in [6.07, 6.45) is 2.13. The highest BCUT2D eigenvalue weighted by atomic mass is 32.2. The lowest BCUT2D eigenvalue weighted by Gasteiger charge is -2.39. The highest BCUT2D eigenvalue weighted by Gasteiger charge is 2.39. The molecule has 0 saturated carbocycles. The number of anilines is 2. The third kappa shape index (κ3) is 3.24. The van der Waals surface area contributed by atoms with Crippen molar-refractivity contribution in [2.24, 2.45) is 5.92 Å². The minimum Gasteiger partial charge on any atom is -0.322 e. The van der Waals surface area contributed by atoms with Gasteiger partial charge in [-0.2, -0.15) is 0 Å². The van der Waals surface area contributed by atoms with Crippen LogP contribution in [0.4, 0.5) is 11.4 Å². The second-order valence-electron chi connectivity index (χ2n) is 5.89.